The van der Waals surface area contributed by atoms with Crippen LogP contribution in [0.3, 0.4) is 0 Å². The minimum Gasteiger partial charge on any atom is -0.211 e. The van der Waals surface area contributed by atoms with Crippen LogP contribution in [0.2, 0.25) is 0 Å². The van der Waals surface area contributed by atoms with E-state index in [9.17, 15) is 8.78 Å². The second kappa shape index (κ2) is 3.46. The Morgan fingerprint density at radius 2 is 2.00 bits per heavy atom. The van der Waals surface area contributed by atoms with E-state index in [0.717, 1.165) is 11.6 Å². The van der Waals surface area contributed by atoms with Gasteiger partial charge in [0.15, 0.2) is 0 Å². The van der Waals surface area contributed by atoms with Gasteiger partial charge in [-0.1, -0.05) is 11.6 Å². The molecular formula is C9H10F2. The van der Waals surface area contributed by atoms with Gasteiger partial charge in [0, 0.05) is 12.5 Å². The van der Waals surface area contributed by atoms with E-state index >= 15 is 0 Å². The number of allylic oxidation sites excluding steroid dienone is 6. The summed E-state index contributed by atoms with van der Waals surface area (Å²) in [7, 11) is 0. The van der Waals surface area contributed by atoms with Crippen LogP contribution in [0.1, 0.15) is 19.8 Å². The zero-order valence-corrected chi connectivity index (χ0v) is 6.40. The van der Waals surface area contributed by atoms with Crippen LogP contribution in [0, 0.1) is 0 Å². The second-order valence-electron chi connectivity index (χ2n) is 2.64. The van der Waals surface area contributed by atoms with Gasteiger partial charge in [0.1, 0.15) is 11.7 Å². The fourth-order valence-electron chi connectivity index (χ4n) is 0.971. The zero-order chi connectivity index (χ0) is 8.27. The molecule has 0 fully saturated rings. The van der Waals surface area contributed by atoms with E-state index in [-0.39, 0.29) is 6.42 Å². The molecular weight excluding hydrogens is 146 g/mol. The second-order valence-corrected chi connectivity index (χ2v) is 2.64. The van der Waals surface area contributed by atoms with Gasteiger partial charge < -0.3 is 0 Å². The summed E-state index contributed by atoms with van der Waals surface area (Å²) in [5.41, 5.74) is 0.947. The third kappa shape index (κ3) is 2.66. The summed E-state index contributed by atoms with van der Waals surface area (Å²) in [5, 5.41) is 0. The van der Waals surface area contributed by atoms with Gasteiger partial charge in [0.05, 0.1) is 0 Å². The first-order chi connectivity index (χ1) is 5.18. The van der Waals surface area contributed by atoms with Gasteiger partial charge in [0.2, 0.25) is 0 Å². The van der Waals surface area contributed by atoms with Crippen LogP contribution in [0.25, 0.3) is 0 Å². The smallest absolute Gasteiger partial charge is 0.122 e. The zero-order valence-electron chi connectivity index (χ0n) is 6.40. The highest BCUT2D eigenvalue weighted by molar-refractivity contribution is 5.22. The first-order valence-corrected chi connectivity index (χ1v) is 3.56. The van der Waals surface area contributed by atoms with Crippen molar-refractivity contribution >= 4 is 0 Å². The quantitative estimate of drug-likeness (QED) is 0.471. The van der Waals surface area contributed by atoms with Crippen LogP contribution in [0.15, 0.2) is 35.5 Å². The van der Waals surface area contributed by atoms with E-state index in [1.54, 1.807) is 0 Å². The fraction of sp³-hybridized carbons (Fsp3) is 0.333. The van der Waals surface area contributed by atoms with E-state index in [1.165, 1.54) is 6.08 Å². The van der Waals surface area contributed by atoms with Gasteiger partial charge in [-0.05, 0) is 19.4 Å². The van der Waals surface area contributed by atoms with Crippen molar-refractivity contribution in [3.8, 4) is 0 Å². The maximum atomic E-state index is 12.7. The maximum absolute atomic E-state index is 12.7. The first kappa shape index (κ1) is 8.18. The SMILES string of the molecule is C/C1=C\C/C=C(F)\C=C(\F)C1. The average Bonchev–Trinajstić information content (AvgIpc) is 1.83. The largest absolute Gasteiger partial charge is 0.211 e. The molecule has 2 heteroatoms. The highest BCUT2D eigenvalue weighted by Gasteiger charge is 2.01. The molecule has 11 heavy (non-hydrogen) atoms. The molecule has 0 aromatic rings. The fourth-order valence-corrected chi connectivity index (χ4v) is 0.971. The van der Waals surface area contributed by atoms with Gasteiger partial charge in [-0.2, -0.15) is 0 Å². The van der Waals surface area contributed by atoms with Crippen molar-refractivity contribution in [2.45, 2.75) is 19.8 Å². The molecule has 1 rings (SSSR count). The van der Waals surface area contributed by atoms with Crippen LogP contribution in [-0.2, 0) is 0 Å². The van der Waals surface area contributed by atoms with Crippen molar-refractivity contribution in [2.75, 3.05) is 0 Å². The molecule has 0 atom stereocenters. The predicted octanol–water partition coefficient (Wildman–Crippen LogP) is 3.43. The Labute approximate surface area is 64.9 Å². The molecule has 0 aromatic heterocycles. The number of hydrogen-bond acceptors (Lipinski definition) is 0. The van der Waals surface area contributed by atoms with Crippen LogP contribution in [-0.4, -0.2) is 0 Å². The van der Waals surface area contributed by atoms with E-state index in [0.29, 0.717) is 6.42 Å². The highest BCUT2D eigenvalue weighted by Crippen LogP contribution is 2.18. The lowest BCUT2D eigenvalue weighted by atomic mass is 10.1. The number of rotatable bonds is 0. The first-order valence-electron chi connectivity index (χ1n) is 3.56. The highest BCUT2D eigenvalue weighted by atomic mass is 19.1. The van der Waals surface area contributed by atoms with E-state index in [1.807, 2.05) is 13.0 Å². The van der Waals surface area contributed by atoms with Gasteiger partial charge in [0.25, 0.3) is 0 Å². The van der Waals surface area contributed by atoms with Gasteiger partial charge in [-0.3, -0.25) is 0 Å². The Hall–Kier alpha value is -0.920. The third-order valence-electron chi connectivity index (χ3n) is 1.52. The molecule has 0 bridgehead atoms. The summed E-state index contributed by atoms with van der Waals surface area (Å²) in [6, 6.07) is 0. The Morgan fingerprint density at radius 3 is 2.73 bits per heavy atom. The molecule has 0 saturated carbocycles. The molecule has 0 saturated heterocycles. The molecule has 0 spiro atoms. The lowest BCUT2D eigenvalue weighted by Crippen LogP contribution is -1.83. The minimum absolute atomic E-state index is 0.237. The number of hydrogen-bond donors (Lipinski definition) is 0. The molecule has 0 unspecified atom stereocenters. The van der Waals surface area contributed by atoms with Crippen molar-refractivity contribution in [2.24, 2.45) is 0 Å². The lowest BCUT2D eigenvalue weighted by Gasteiger charge is -2.00. The van der Waals surface area contributed by atoms with E-state index in [2.05, 4.69) is 0 Å². The Morgan fingerprint density at radius 1 is 1.27 bits per heavy atom. The summed E-state index contributed by atoms with van der Waals surface area (Å²) in [6.45, 7) is 1.84. The minimum atomic E-state index is -0.480. The summed E-state index contributed by atoms with van der Waals surface area (Å²) < 4.78 is 25.2. The van der Waals surface area contributed by atoms with Crippen LogP contribution >= 0.6 is 0 Å². The van der Waals surface area contributed by atoms with Gasteiger partial charge >= 0.3 is 0 Å². The molecule has 0 amide bonds. The van der Waals surface area contributed by atoms with Gasteiger partial charge in [-0.15, -0.1) is 0 Å². The Bertz CT molecular complexity index is 234. The van der Waals surface area contributed by atoms with Crippen LogP contribution in [0.4, 0.5) is 8.78 Å². The van der Waals surface area contributed by atoms with Crippen LogP contribution in [0.5, 0.6) is 0 Å². The molecule has 0 N–H and O–H groups in total. The maximum Gasteiger partial charge on any atom is 0.122 e. The topological polar surface area (TPSA) is 0 Å². The molecule has 0 aliphatic heterocycles. The predicted molar refractivity (Wildman–Crippen MR) is 41.4 cm³/mol. The van der Waals surface area contributed by atoms with Gasteiger partial charge in [-0.25, -0.2) is 8.78 Å². The normalized spacial score (nSPS) is 33.5. The summed E-state index contributed by atoms with van der Waals surface area (Å²) >= 11 is 0. The Balaban J connectivity index is 2.84. The number of halogens is 2. The molecule has 0 nitrogen and oxygen atoms in total. The van der Waals surface area contributed by atoms with Crippen molar-refractivity contribution in [1.29, 1.82) is 0 Å². The standard InChI is InChI=1S/C9H10F2/c1-7-3-2-4-8(10)6-9(11)5-7/h3-4,6H,2,5H2,1H3/b7-3+,8-4+,9-6+. The average molecular weight is 156 g/mol. The van der Waals surface area contributed by atoms with E-state index in [4.69, 9.17) is 0 Å². The molecule has 0 radical (unpaired) electrons. The Kier molecular flexibility index (Phi) is 2.58. The molecule has 1 aliphatic rings. The van der Waals surface area contributed by atoms with E-state index < -0.39 is 11.7 Å². The molecule has 0 aromatic carbocycles. The van der Waals surface area contributed by atoms with Crippen molar-refractivity contribution in [3.63, 3.8) is 0 Å². The monoisotopic (exact) mass is 156 g/mol. The van der Waals surface area contributed by atoms with Crippen LogP contribution < -0.4 is 0 Å². The molecule has 0 heterocycles. The summed E-state index contributed by atoms with van der Waals surface area (Å²) in [6.07, 6.45) is 4.92. The molecule has 60 valence electrons. The van der Waals surface area contributed by atoms with Crippen molar-refractivity contribution in [1.82, 2.24) is 0 Å². The lowest BCUT2D eigenvalue weighted by molar-refractivity contribution is 0.589. The summed E-state index contributed by atoms with van der Waals surface area (Å²) in [4.78, 5) is 0. The molecule has 1 aliphatic carbocycles. The summed E-state index contributed by atoms with van der Waals surface area (Å²) in [5.74, 6) is -0.890. The third-order valence-corrected chi connectivity index (χ3v) is 1.52. The van der Waals surface area contributed by atoms with Crippen molar-refractivity contribution in [3.05, 3.63) is 35.5 Å². The van der Waals surface area contributed by atoms with Crippen molar-refractivity contribution < 1.29 is 8.78 Å².